The summed E-state index contributed by atoms with van der Waals surface area (Å²) in [6, 6.07) is -0.302. The zero-order chi connectivity index (χ0) is 14.0. The summed E-state index contributed by atoms with van der Waals surface area (Å²) < 4.78 is 0. The number of hydrogen-bond acceptors (Lipinski definition) is 2. The molecule has 0 unspecified atom stereocenters. The van der Waals surface area contributed by atoms with Crippen LogP contribution in [-0.4, -0.2) is 22.8 Å². The van der Waals surface area contributed by atoms with Gasteiger partial charge in [-0.05, 0) is 13.3 Å². The summed E-state index contributed by atoms with van der Waals surface area (Å²) in [6.07, 6.45) is 13.0. The fourth-order valence-electron chi connectivity index (χ4n) is 1.31. The zero-order valence-electron chi connectivity index (χ0n) is 11.3. The average molecular weight is 247 g/mol. The highest BCUT2D eigenvalue weighted by Crippen LogP contribution is 2.02. The molecular weight excluding hydrogens is 226 g/mol. The highest BCUT2D eigenvalue weighted by molar-refractivity contribution is 6.00. The second-order valence-corrected chi connectivity index (χ2v) is 3.78. The lowest BCUT2D eigenvalue weighted by atomic mass is 10.2. The molecule has 0 N–H and O–H groups in total. The van der Waals surface area contributed by atoms with Crippen molar-refractivity contribution >= 4 is 11.8 Å². The Morgan fingerprint density at radius 3 is 2.33 bits per heavy atom. The van der Waals surface area contributed by atoms with Crippen LogP contribution in [0.4, 0.5) is 0 Å². The van der Waals surface area contributed by atoms with Crippen molar-refractivity contribution in [3.63, 3.8) is 0 Å². The Kier molecular flexibility index (Phi) is 8.20. The summed E-state index contributed by atoms with van der Waals surface area (Å²) in [5.74, 6) is -0.620. The van der Waals surface area contributed by atoms with Crippen LogP contribution in [0.25, 0.3) is 0 Å². The maximum absolute atomic E-state index is 11.8. The van der Waals surface area contributed by atoms with Gasteiger partial charge >= 0.3 is 0 Å². The van der Waals surface area contributed by atoms with E-state index in [-0.39, 0.29) is 17.9 Å². The van der Waals surface area contributed by atoms with Crippen LogP contribution in [0.3, 0.4) is 0 Å². The van der Waals surface area contributed by atoms with E-state index < -0.39 is 0 Å². The topological polar surface area (TPSA) is 37.4 Å². The van der Waals surface area contributed by atoms with Crippen molar-refractivity contribution < 1.29 is 9.59 Å². The third kappa shape index (κ3) is 5.99. The van der Waals surface area contributed by atoms with Crippen LogP contribution in [0, 0.1) is 0 Å². The lowest BCUT2D eigenvalue weighted by molar-refractivity contribution is -0.141. The minimum Gasteiger partial charge on any atom is -0.275 e. The van der Waals surface area contributed by atoms with E-state index in [1.54, 1.807) is 25.2 Å². The van der Waals surface area contributed by atoms with Gasteiger partial charge in [0.1, 0.15) is 0 Å². The first kappa shape index (κ1) is 16.1. The Morgan fingerprint density at radius 1 is 1.22 bits per heavy atom. The number of carbonyl (C=O) groups excluding carboxylic acids is 2. The fourth-order valence-corrected chi connectivity index (χ4v) is 1.31. The largest absolute Gasteiger partial charge is 0.275 e. The summed E-state index contributed by atoms with van der Waals surface area (Å²) >= 11 is 0. The molecule has 0 rings (SSSR count). The molecule has 0 saturated carbocycles. The number of nitrogens with zero attached hydrogens (tertiary/aromatic N) is 1. The molecular formula is C15H21NO2. The van der Waals surface area contributed by atoms with Crippen molar-refractivity contribution in [3.05, 3.63) is 49.1 Å². The lowest BCUT2D eigenvalue weighted by Crippen LogP contribution is -2.40. The summed E-state index contributed by atoms with van der Waals surface area (Å²) in [5.41, 5.74) is 0. The normalized spacial score (nSPS) is 13.3. The van der Waals surface area contributed by atoms with Crippen LogP contribution in [0.15, 0.2) is 49.1 Å². The molecule has 0 aromatic carbocycles. The van der Waals surface area contributed by atoms with E-state index in [2.05, 4.69) is 6.58 Å². The van der Waals surface area contributed by atoms with Crippen LogP contribution >= 0.6 is 0 Å². The fraction of sp³-hybridized carbons (Fsp3) is 0.333. The van der Waals surface area contributed by atoms with E-state index >= 15 is 0 Å². The molecule has 0 radical (unpaired) electrons. The van der Waals surface area contributed by atoms with Gasteiger partial charge in [0.05, 0.1) is 6.04 Å². The third-order valence-electron chi connectivity index (χ3n) is 2.27. The molecule has 3 heteroatoms. The molecule has 2 amide bonds. The van der Waals surface area contributed by atoms with Gasteiger partial charge in [0, 0.05) is 13.0 Å². The van der Waals surface area contributed by atoms with Crippen molar-refractivity contribution in [2.75, 3.05) is 0 Å². The van der Waals surface area contributed by atoms with Crippen molar-refractivity contribution in [2.24, 2.45) is 0 Å². The predicted octanol–water partition coefficient (Wildman–Crippen LogP) is 3.01. The standard InChI is InChI=1S/C15H21NO2/c1-5-7-8-9-10-11-12-15(18)16(14(4)17)13(3)6-2/h6-13H,2,5H2,1,3-4H3/b8-7-,10-9-,12-11+/t13-/m1/s1. The van der Waals surface area contributed by atoms with Crippen LogP contribution in [0.5, 0.6) is 0 Å². The molecule has 0 heterocycles. The Hall–Kier alpha value is -1.90. The maximum atomic E-state index is 11.8. The quantitative estimate of drug-likeness (QED) is 0.411. The van der Waals surface area contributed by atoms with E-state index in [1.165, 1.54) is 17.9 Å². The van der Waals surface area contributed by atoms with E-state index in [4.69, 9.17) is 0 Å². The van der Waals surface area contributed by atoms with Gasteiger partial charge in [-0.15, -0.1) is 6.58 Å². The second kappa shape index (κ2) is 9.16. The molecule has 0 aliphatic carbocycles. The molecule has 1 atom stereocenters. The molecule has 0 aliphatic rings. The van der Waals surface area contributed by atoms with E-state index in [1.807, 2.05) is 25.2 Å². The van der Waals surface area contributed by atoms with E-state index in [9.17, 15) is 9.59 Å². The number of carbonyl (C=O) groups is 2. The number of amides is 2. The molecule has 98 valence electrons. The van der Waals surface area contributed by atoms with E-state index in [0.717, 1.165) is 6.42 Å². The summed E-state index contributed by atoms with van der Waals surface area (Å²) in [4.78, 5) is 24.3. The number of hydrogen-bond donors (Lipinski definition) is 0. The van der Waals surface area contributed by atoms with Crippen molar-refractivity contribution in [1.29, 1.82) is 0 Å². The molecule has 3 nitrogen and oxygen atoms in total. The Morgan fingerprint density at radius 2 is 1.83 bits per heavy atom. The van der Waals surface area contributed by atoms with Gasteiger partial charge in [0.15, 0.2) is 0 Å². The minimum atomic E-state index is -0.334. The minimum absolute atomic E-state index is 0.285. The van der Waals surface area contributed by atoms with E-state index in [0.29, 0.717) is 0 Å². The summed E-state index contributed by atoms with van der Waals surface area (Å²) in [5, 5.41) is 0. The lowest BCUT2D eigenvalue weighted by Gasteiger charge is -2.21. The van der Waals surface area contributed by atoms with Crippen molar-refractivity contribution in [3.8, 4) is 0 Å². The average Bonchev–Trinajstić information content (AvgIpc) is 2.33. The van der Waals surface area contributed by atoms with Gasteiger partial charge in [-0.2, -0.15) is 0 Å². The van der Waals surface area contributed by atoms with Crippen LogP contribution in [0.1, 0.15) is 27.2 Å². The molecule has 0 aromatic rings. The Bertz CT molecular complexity index is 378. The molecule has 18 heavy (non-hydrogen) atoms. The Labute approximate surface area is 109 Å². The number of imide groups is 1. The molecule has 0 aliphatic heterocycles. The number of allylic oxidation sites excluding steroid dienone is 5. The second-order valence-electron chi connectivity index (χ2n) is 3.78. The van der Waals surface area contributed by atoms with Crippen molar-refractivity contribution in [1.82, 2.24) is 4.90 Å². The van der Waals surface area contributed by atoms with Crippen LogP contribution < -0.4 is 0 Å². The zero-order valence-corrected chi connectivity index (χ0v) is 11.3. The maximum Gasteiger partial charge on any atom is 0.253 e. The monoisotopic (exact) mass is 247 g/mol. The first-order valence-corrected chi connectivity index (χ1v) is 6.00. The predicted molar refractivity (Wildman–Crippen MR) is 74.9 cm³/mol. The first-order valence-electron chi connectivity index (χ1n) is 6.00. The van der Waals surface area contributed by atoms with Crippen molar-refractivity contribution in [2.45, 2.75) is 33.2 Å². The third-order valence-corrected chi connectivity index (χ3v) is 2.27. The summed E-state index contributed by atoms with van der Waals surface area (Å²) in [7, 11) is 0. The van der Waals surface area contributed by atoms with Gasteiger partial charge in [-0.25, -0.2) is 0 Å². The highest BCUT2D eigenvalue weighted by atomic mass is 16.2. The SMILES string of the molecule is C=C[C@@H](C)N(C(C)=O)C(=O)/C=C/C=C\C=C/CC. The van der Waals surface area contributed by atoms with Gasteiger partial charge < -0.3 is 0 Å². The molecule has 0 spiro atoms. The summed E-state index contributed by atoms with van der Waals surface area (Å²) in [6.45, 7) is 8.75. The molecule has 0 bridgehead atoms. The van der Waals surface area contributed by atoms with Gasteiger partial charge in [0.2, 0.25) is 5.91 Å². The smallest absolute Gasteiger partial charge is 0.253 e. The molecule has 0 aromatic heterocycles. The van der Waals surface area contributed by atoms with Crippen LogP contribution in [-0.2, 0) is 9.59 Å². The molecule has 0 saturated heterocycles. The Balaban J connectivity index is 4.57. The van der Waals surface area contributed by atoms with Gasteiger partial charge in [0.25, 0.3) is 5.91 Å². The highest BCUT2D eigenvalue weighted by Gasteiger charge is 2.19. The molecule has 0 fully saturated rings. The number of rotatable bonds is 6. The van der Waals surface area contributed by atoms with Crippen LogP contribution in [0.2, 0.25) is 0 Å². The first-order chi connectivity index (χ1) is 8.54. The van der Waals surface area contributed by atoms with Gasteiger partial charge in [-0.3, -0.25) is 14.5 Å². The van der Waals surface area contributed by atoms with Gasteiger partial charge in [-0.1, -0.05) is 43.4 Å².